The molecule has 1 aliphatic heterocycles. The Morgan fingerprint density at radius 2 is 1.96 bits per heavy atom. The van der Waals surface area contributed by atoms with Crippen molar-refractivity contribution in [3.63, 3.8) is 0 Å². The smallest absolute Gasteiger partial charge is 0.293 e. The van der Waals surface area contributed by atoms with E-state index in [0.717, 1.165) is 31.7 Å². The van der Waals surface area contributed by atoms with Gasteiger partial charge in [0.25, 0.3) is 6.47 Å². The predicted molar refractivity (Wildman–Crippen MR) is 93.9 cm³/mol. The number of hydrogen-bond acceptors (Lipinski definition) is 5. The van der Waals surface area contributed by atoms with Crippen molar-refractivity contribution in [2.45, 2.75) is 13.8 Å². The minimum Gasteiger partial charge on any atom is -0.468 e. The monoisotopic (exact) mass is 315 g/mol. The van der Waals surface area contributed by atoms with Crippen LogP contribution < -0.4 is 4.90 Å². The molecule has 0 saturated carbocycles. The highest BCUT2D eigenvalue weighted by molar-refractivity contribution is 5.82. The summed E-state index contributed by atoms with van der Waals surface area (Å²) in [5, 5.41) is 1.23. The molecule has 1 saturated heterocycles. The number of likely N-dealkylation sites (N-methyl/N-ethyl adjacent to an activating group) is 1. The van der Waals surface area contributed by atoms with Crippen molar-refractivity contribution < 1.29 is 9.53 Å². The zero-order chi connectivity index (χ0) is 16.7. The number of benzene rings is 1. The number of aryl methyl sites for hydroxylation is 1. The van der Waals surface area contributed by atoms with Crippen LogP contribution in [0.1, 0.15) is 12.5 Å². The van der Waals surface area contributed by atoms with Crippen molar-refractivity contribution in [3.8, 4) is 0 Å². The van der Waals surface area contributed by atoms with E-state index in [1.54, 1.807) is 6.92 Å². The SMILES string of the molecule is CCOC=O.Cc1cnc2cc(N3CCN(C)CC3)ccc2c1. The number of pyridine rings is 1. The van der Waals surface area contributed by atoms with Gasteiger partial charge >= 0.3 is 0 Å². The lowest BCUT2D eigenvalue weighted by molar-refractivity contribution is -0.128. The summed E-state index contributed by atoms with van der Waals surface area (Å²) in [7, 11) is 2.18. The number of hydrogen-bond donors (Lipinski definition) is 0. The van der Waals surface area contributed by atoms with Crippen molar-refractivity contribution in [3.05, 3.63) is 36.0 Å². The average Bonchev–Trinajstić information content (AvgIpc) is 2.56. The van der Waals surface area contributed by atoms with Crippen LogP contribution in [0.4, 0.5) is 5.69 Å². The van der Waals surface area contributed by atoms with Crippen LogP contribution in [0.15, 0.2) is 30.5 Å². The van der Waals surface area contributed by atoms with E-state index < -0.39 is 0 Å². The number of carbonyl (C=O) groups excluding carboxylic acids is 1. The van der Waals surface area contributed by atoms with Gasteiger partial charge in [-0.15, -0.1) is 0 Å². The van der Waals surface area contributed by atoms with Gasteiger partial charge in [-0.2, -0.15) is 0 Å². The lowest BCUT2D eigenvalue weighted by Gasteiger charge is -2.34. The fraction of sp³-hybridized carbons (Fsp3) is 0.444. The molecule has 1 aromatic heterocycles. The Labute approximate surface area is 137 Å². The number of ether oxygens (including phenoxy) is 1. The molecule has 1 aromatic carbocycles. The van der Waals surface area contributed by atoms with Crippen LogP contribution in [0.5, 0.6) is 0 Å². The zero-order valence-electron chi connectivity index (χ0n) is 14.2. The minimum atomic E-state index is 0.431. The summed E-state index contributed by atoms with van der Waals surface area (Å²) >= 11 is 0. The summed E-state index contributed by atoms with van der Waals surface area (Å²) in [5.74, 6) is 0. The summed E-state index contributed by atoms with van der Waals surface area (Å²) in [6.07, 6.45) is 1.94. The number of anilines is 1. The normalized spacial score (nSPS) is 15.0. The van der Waals surface area contributed by atoms with E-state index in [-0.39, 0.29) is 0 Å². The topological polar surface area (TPSA) is 45.7 Å². The molecule has 5 heteroatoms. The molecule has 0 bridgehead atoms. The molecule has 0 spiro atoms. The molecule has 2 heterocycles. The fourth-order valence-corrected chi connectivity index (χ4v) is 2.55. The van der Waals surface area contributed by atoms with Gasteiger partial charge in [0, 0.05) is 43.4 Å². The van der Waals surface area contributed by atoms with Gasteiger partial charge in [0.05, 0.1) is 12.1 Å². The molecule has 0 aliphatic carbocycles. The maximum atomic E-state index is 9.18. The van der Waals surface area contributed by atoms with Crippen LogP contribution in [0.2, 0.25) is 0 Å². The third-order valence-electron chi connectivity index (χ3n) is 3.91. The molecule has 1 aliphatic rings. The molecule has 5 nitrogen and oxygen atoms in total. The van der Waals surface area contributed by atoms with Crippen molar-refractivity contribution in [1.82, 2.24) is 9.88 Å². The Bertz CT molecular complexity index is 637. The molecule has 23 heavy (non-hydrogen) atoms. The van der Waals surface area contributed by atoms with E-state index in [4.69, 9.17) is 0 Å². The standard InChI is InChI=1S/C15H19N3.C3H6O2/c1-12-9-13-3-4-14(10-15(13)16-11-12)18-7-5-17(2)6-8-18;1-2-5-3-4/h3-4,9-11H,5-8H2,1-2H3;3H,2H2,1H3. The Morgan fingerprint density at radius 1 is 1.22 bits per heavy atom. The highest BCUT2D eigenvalue weighted by Gasteiger charge is 2.14. The summed E-state index contributed by atoms with van der Waals surface area (Å²) in [4.78, 5) is 18.5. The molecule has 2 aromatic rings. The first-order valence-electron chi connectivity index (χ1n) is 7.99. The lowest BCUT2D eigenvalue weighted by atomic mass is 10.1. The van der Waals surface area contributed by atoms with Gasteiger partial charge in [0.15, 0.2) is 0 Å². The minimum absolute atomic E-state index is 0.431. The van der Waals surface area contributed by atoms with E-state index in [1.165, 1.54) is 16.6 Å². The van der Waals surface area contributed by atoms with Crippen LogP contribution in [0.3, 0.4) is 0 Å². The Morgan fingerprint density at radius 3 is 2.57 bits per heavy atom. The summed E-state index contributed by atoms with van der Waals surface area (Å²) < 4.78 is 4.15. The van der Waals surface area contributed by atoms with Gasteiger partial charge in [-0.1, -0.05) is 6.07 Å². The molecule has 0 radical (unpaired) electrons. The van der Waals surface area contributed by atoms with Crippen LogP contribution >= 0.6 is 0 Å². The molecule has 124 valence electrons. The quantitative estimate of drug-likeness (QED) is 0.814. The number of piperazine rings is 1. The van der Waals surface area contributed by atoms with Gasteiger partial charge in [-0.25, -0.2) is 0 Å². The van der Waals surface area contributed by atoms with E-state index in [1.807, 2.05) is 6.20 Å². The van der Waals surface area contributed by atoms with Crippen molar-refractivity contribution >= 4 is 23.1 Å². The number of aromatic nitrogens is 1. The van der Waals surface area contributed by atoms with E-state index >= 15 is 0 Å². The third-order valence-corrected chi connectivity index (χ3v) is 3.91. The molecule has 3 rings (SSSR count). The second-order valence-electron chi connectivity index (χ2n) is 5.73. The number of carbonyl (C=O) groups is 1. The predicted octanol–water partition coefficient (Wildman–Crippen LogP) is 2.47. The van der Waals surface area contributed by atoms with Crippen LogP contribution in [0.25, 0.3) is 10.9 Å². The molecule has 0 unspecified atom stereocenters. The van der Waals surface area contributed by atoms with E-state index in [9.17, 15) is 4.79 Å². The van der Waals surface area contributed by atoms with Crippen molar-refractivity contribution in [1.29, 1.82) is 0 Å². The second kappa shape index (κ2) is 8.48. The van der Waals surface area contributed by atoms with Gasteiger partial charge in [-0.3, -0.25) is 9.78 Å². The van der Waals surface area contributed by atoms with Crippen LogP contribution in [0, 0.1) is 6.92 Å². The van der Waals surface area contributed by atoms with Crippen molar-refractivity contribution in [2.24, 2.45) is 0 Å². The first-order chi connectivity index (χ1) is 11.1. The molecule has 0 atom stereocenters. The summed E-state index contributed by atoms with van der Waals surface area (Å²) in [6, 6.07) is 8.80. The first-order valence-corrected chi connectivity index (χ1v) is 7.99. The van der Waals surface area contributed by atoms with Gasteiger partial charge in [-0.05, 0) is 44.7 Å². The largest absolute Gasteiger partial charge is 0.468 e. The van der Waals surface area contributed by atoms with E-state index in [0.29, 0.717) is 13.1 Å². The Kier molecular flexibility index (Phi) is 6.35. The number of rotatable bonds is 3. The lowest BCUT2D eigenvalue weighted by Crippen LogP contribution is -2.44. The van der Waals surface area contributed by atoms with Crippen molar-refractivity contribution in [2.75, 3.05) is 44.7 Å². The Hall–Kier alpha value is -2.14. The summed E-state index contributed by atoms with van der Waals surface area (Å²) in [6.45, 7) is 9.24. The number of nitrogens with zero attached hydrogens (tertiary/aromatic N) is 3. The van der Waals surface area contributed by atoms with Gasteiger partial charge in [0.1, 0.15) is 0 Å². The molecular formula is C18H25N3O2. The fourth-order valence-electron chi connectivity index (χ4n) is 2.55. The van der Waals surface area contributed by atoms with E-state index in [2.05, 4.69) is 57.8 Å². The Balaban J connectivity index is 0.000000338. The molecular weight excluding hydrogens is 290 g/mol. The molecule has 1 fully saturated rings. The highest BCUT2D eigenvalue weighted by atomic mass is 16.5. The first kappa shape index (κ1) is 17.2. The maximum absolute atomic E-state index is 9.18. The highest BCUT2D eigenvalue weighted by Crippen LogP contribution is 2.22. The summed E-state index contributed by atoms with van der Waals surface area (Å²) in [5.41, 5.74) is 3.61. The van der Waals surface area contributed by atoms with Gasteiger partial charge < -0.3 is 14.5 Å². The van der Waals surface area contributed by atoms with Crippen LogP contribution in [-0.2, 0) is 9.53 Å². The molecule has 0 amide bonds. The second-order valence-corrected chi connectivity index (χ2v) is 5.73. The molecule has 0 N–H and O–H groups in total. The average molecular weight is 315 g/mol. The number of fused-ring (bicyclic) bond motifs is 1. The third kappa shape index (κ3) is 4.93. The van der Waals surface area contributed by atoms with Gasteiger partial charge in [0.2, 0.25) is 0 Å². The maximum Gasteiger partial charge on any atom is 0.293 e. The van der Waals surface area contributed by atoms with Crippen LogP contribution in [-0.4, -0.2) is 56.2 Å². The zero-order valence-corrected chi connectivity index (χ0v) is 14.2.